The van der Waals surface area contributed by atoms with E-state index in [1.807, 2.05) is 13.0 Å². The second-order valence-corrected chi connectivity index (χ2v) is 5.33. The molecule has 2 N–H and O–H groups in total. The molecular formula is C13H20INO2. The van der Waals surface area contributed by atoms with Crippen molar-refractivity contribution in [3.05, 3.63) is 21.3 Å². The van der Waals surface area contributed by atoms with Crippen LogP contribution in [0.3, 0.4) is 0 Å². The molecule has 0 aliphatic heterocycles. The van der Waals surface area contributed by atoms with E-state index in [-0.39, 0.29) is 6.04 Å². The van der Waals surface area contributed by atoms with Crippen LogP contribution in [0, 0.1) is 3.57 Å². The Balaban J connectivity index is 2.81. The maximum atomic E-state index is 5.75. The zero-order valence-electron chi connectivity index (χ0n) is 10.6. The summed E-state index contributed by atoms with van der Waals surface area (Å²) < 4.78 is 11.8. The van der Waals surface area contributed by atoms with Gasteiger partial charge in [0.15, 0.2) is 0 Å². The highest BCUT2D eigenvalue weighted by Crippen LogP contribution is 2.30. The highest BCUT2D eigenvalue weighted by molar-refractivity contribution is 14.1. The number of rotatable bonds is 6. The Bertz CT molecular complexity index is 367. The average molecular weight is 349 g/mol. The average Bonchev–Trinajstić information content (AvgIpc) is 2.30. The molecule has 0 fully saturated rings. The lowest BCUT2D eigenvalue weighted by Gasteiger charge is -2.12. The summed E-state index contributed by atoms with van der Waals surface area (Å²) in [4.78, 5) is 0. The first kappa shape index (κ1) is 14.6. The number of methoxy groups -OCH3 is 2. The number of ether oxygens (including phenoxy) is 2. The summed E-state index contributed by atoms with van der Waals surface area (Å²) in [5.41, 5.74) is 6.94. The van der Waals surface area contributed by atoms with Gasteiger partial charge in [-0.15, -0.1) is 0 Å². The number of halogens is 1. The second kappa shape index (κ2) is 7.06. The third kappa shape index (κ3) is 4.35. The molecule has 0 heterocycles. The summed E-state index contributed by atoms with van der Waals surface area (Å²) in [6.45, 7) is 2.03. The molecule has 0 saturated carbocycles. The normalized spacial score (nSPS) is 12.3. The smallest absolute Gasteiger partial charge is 0.132 e. The molecule has 17 heavy (non-hydrogen) atoms. The largest absolute Gasteiger partial charge is 0.496 e. The zero-order chi connectivity index (χ0) is 12.8. The predicted octanol–water partition coefficient (Wildman–Crippen LogP) is 2.98. The van der Waals surface area contributed by atoms with E-state index in [2.05, 4.69) is 28.7 Å². The highest BCUT2D eigenvalue weighted by Gasteiger charge is 2.09. The van der Waals surface area contributed by atoms with E-state index in [0.29, 0.717) is 0 Å². The Kier molecular flexibility index (Phi) is 6.05. The molecule has 0 bridgehead atoms. The number of hydrogen-bond acceptors (Lipinski definition) is 3. The first-order valence-electron chi connectivity index (χ1n) is 5.74. The molecule has 0 aliphatic rings. The van der Waals surface area contributed by atoms with E-state index in [1.54, 1.807) is 14.2 Å². The van der Waals surface area contributed by atoms with Gasteiger partial charge in [-0.1, -0.05) is 0 Å². The molecule has 4 heteroatoms. The second-order valence-electron chi connectivity index (χ2n) is 4.17. The van der Waals surface area contributed by atoms with Crippen LogP contribution in [0.2, 0.25) is 0 Å². The van der Waals surface area contributed by atoms with Crippen LogP contribution in [0.15, 0.2) is 12.1 Å². The maximum Gasteiger partial charge on any atom is 0.132 e. The Hall–Kier alpha value is -0.490. The number of nitrogens with two attached hydrogens (primary N) is 1. The van der Waals surface area contributed by atoms with Crippen LogP contribution >= 0.6 is 22.6 Å². The van der Waals surface area contributed by atoms with Gasteiger partial charge in [0.05, 0.1) is 17.8 Å². The predicted molar refractivity (Wildman–Crippen MR) is 78.9 cm³/mol. The Morgan fingerprint density at radius 1 is 1.24 bits per heavy atom. The minimum absolute atomic E-state index is 0.256. The molecule has 0 radical (unpaired) electrons. The monoisotopic (exact) mass is 349 g/mol. The Labute approximate surface area is 117 Å². The Morgan fingerprint density at radius 2 is 1.88 bits per heavy atom. The van der Waals surface area contributed by atoms with Crippen molar-refractivity contribution in [2.75, 3.05) is 14.2 Å². The van der Waals surface area contributed by atoms with E-state index in [0.717, 1.165) is 34.3 Å². The first-order chi connectivity index (χ1) is 8.08. The van der Waals surface area contributed by atoms with Gasteiger partial charge in [-0.3, -0.25) is 0 Å². The lowest BCUT2D eigenvalue weighted by Crippen LogP contribution is -2.14. The summed E-state index contributed by atoms with van der Waals surface area (Å²) in [5, 5.41) is 0. The van der Waals surface area contributed by atoms with Crippen LogP contribution in [0.25, 0.3) is 0 Å². The van der Waals surface area contributed by atoms with Gasteiger partial charge >= 0.3 is 0 Å². The summed E-state index contributed by atoms with van der Waals surface area (Å²) in [6, 6.07) is 4.33. The van der Waals surface area contributed by atoms with Crippen LogP contribution < -0.4 is 15.2 Å². The van der Waals surface area contributed by atoms with Crippen molar-refractivity contribution in [1.82, 2.24) is 0 Å². The lowest BCUT2D eigenvalue weighted by atomic mass is 10.0. The highest BCUT2D eigenvalue weighted by atomic mass is 127. The fraction of sp³-hybridized carbons (Fsp3) is 0.538. The molecule has 0 saturated heterocycles. The van der Waals surface area contributed by atoms with Gasteiger partial charge in [-0.05, 0) is 66.5 Å². The Morgan fingerprint density at radius 3 is 2.41 bits per heavy atom. The molecule has 96 valence electrons. The van der Waals surface area contributed by atoms with E-state index < -0.39 is 0 Å². The molecule has 0 spiro atoms. The van der Waals surface area contributed by atoms with Gasteiger partial charge in [0.1, 0.15) is 11.5 Å². The van der Waals surface area contributed by atoms with Crippen LogP contribution in [-0.2, 0) is 6.42 Å². The third-order valence-corrected chi connectivity index (χ3v) is 3.50. The molecule has 3 nitrogen and oxygen atoms in total. The zero-order valence-corrected chi connectivity index (χ0v) is 12.8. The number of hydrogen-bond donors (Lipinski definition) is 1. The molecule has 1 aromatic carbocycles. The minimum Gasteiger partial charge on any atom is -0.496 e. The van der Waals surface area contributed by atoms with Gasteiger partial charge in [0.2, 0.25) is 0 Å². The first-order valence-corrected chi connectivity index (χ1v) is 6.82. The number of aryl methyl sites for hydroxylation is 1. The molecule has 0 aliphatic carbocycles. The van der Waals surface area contributed by atoms with Gasteiger partial charge in [-0.25, -0.2) is 0 Å². The van der Waals surface area contributed by atoms with E-state index in [4.69, 9.17) is 15.2 Å². The number of benzene rings is 1. The van der Waals surface area contributed by atoms with Crippen LogP contribution in [-0.4, -0.2) is 20.3 Å². The quantitative estimate of drug-likeness (QED) is 0.803. The lowest BCUT2D eigenvalue weighted by molar-refractivity contribution is 0.395. The topological polar surface area (TPSA) is 44.5 Å². The van der Waals surface area contributed by atoms with Crippen molar-refractivity contribution in [3.8, 4) is 11.5 Å². The SMILES string of the molecule is COc1cc(CCCC(C)N)c(OC)cc1I. The molecule has 0 amide bonds. The third-order valence-electron chi connectivity index (χ3n) is 2.66. The van der Waals surface area contributed by atoms with Crippen molar-refractivity contribution in [3.63, 3.8) is 0 Å². The molecule has 0 aromatic heterocycles. The van der Waals surface area contributed by atoms with Gasteiger partial charge in [0.25, 0.3) is 0 Å². The molecule has 1 rings (SSSR count). The fourth-order valence-electron chi connectivity index (χ4n) is 1.73. The van der Waals surface area contributed by atoms with E-state index >= 15 is 0 Å². The summed E-state index contributed by atoms with van der Waals surface area (Å²) in [7, 11) is 3.39. The van der Waals surface area contributed by atoms with Crippen molar-refractivity contribution in [2.45, 2.75) is 32.2 Å². The van der Waals surface area contributed by atoms with Crippen molar-refractivity contribution in [2.24, 2.45) is 5.73 Å². The van der Waals surface area contributed by atoms with Gasteiger partial charge in [0, 0.05) is 6.04 Å². The van der Waals surface area contributed by atoms with E-state index in [1.165, 1.54) is 5.56 Å². The van der Waals surface area contributed by atoms with Crippen LogP contribution in [0.1, 0.15) is 25.3 Å². The fourth-order valence-corrected chi connectivity index (χ4v) is 2.39. The summed E-state index contributed by atoms with van der Waals surface area (Å²) in [5.74, 6) is 1.84. The van der Waals surface area contributed by atoms with Crippen LogP contribution in [0.4, 0.5) is 0 Å². The summed E-state index contributed by atoms with van der Waals surface area (Å²) in [6.07, 6.45) is 3.06. The van der Waals surface area contributed by atoms with E-state index in [9.17, 15) is 0 Å². The van der Waals surface area contributed by atoms with Crippen molar-refractivity contribution < 1.29 is 9.47 Å². The molecule has 1 aromatic rings. The minimum atomic E-state index is 0.256. The van der Waals surface area contributed by atoms with Gasteiger partial charge in [-0.2, -0.15) is 0 Å². The summed E-state index contributed by atoms with van der Waals surface area (Å²) >= 11 is 2.25. The van der Waals surface area contributed by atoms with Crippen molar-refractivity contribution >= 4 is 22.6 Å². The molecular weight excluding hydrogens is 329 g/mol. The van der Waals surface area contributed by atoms with Crippen LogP contribution in [0.5, 0.6) is 11.5 Å². The van der Waals surface area contributed by atoms with Crippen molar-refractivity contribution in [1.29, 1.82) is 0 Å². The maximum absolute atomic E-state index is 5.75. The molecule has 1 unspecified atom stereocenters. The van der Waals surface area contributed by atoms with Gasteiger partial charge < -0.3 is 15.2 Å². The molecule has 1 atom stereocenters. The standard InChI is InChI=1S/C13H20INO2/c1-9(15)5-4-6-10-7-13(17-3)11(14)8-12(10)16-2/h7-9H,4-6,15H2,1-3H3.